The average molecular weight is 602 g/mol. The minimum atomic E-state index is -0.544. The van der Waals surface area contributed by atoms with Crippen molar-refractivity contribution in [2.24, 2.45) is 0 Å². The van der Waals surface area contributed by atoms with Crippen LogP contribution < -0.4 is 14.8 Å². The second kappa shape index (κ2) is 11.9. The van der Waals surface area contributed by atoms with Crippen LogP contribution in [0.2, 0.25) is 5.02 Å². The number of carbonyl (C=O) groups is 3. The van der Waals surface area contributed by atoms with Crippen LogP contribution in [-0.2, 0) is 16.2 Å². The van der Waals surface area contributed by atoms with Crippen LogP contribution in [0.4, 0.5) is 10.5 Å². The number of hydrogen-bond donors (Lipinski definition) is 1. The Balaban J connectivity index is 1.42. The van der Waals surface area contributed by atoms with Crippen LogP contribution in [-0.4, -0.2) is 35.6 Å². The zero-order valence-electron chi connectivity index (χ0n) is 19.9. The zero-order chi connectivity index (χ0) is 26.5. The SMILES string of the molecule is COc1cc(/C=C2/SC(=O)N(CC(=O)Nc3ccc(Br)c(Cl)c3)C2=O)ccc1OCc1ccc(C)cc1. The van der Waals surface area contributed by atoms with Gasteiger partial charge in [-0.05, 0) is 82.2 Å². The van der Waals surface area contributed by atoms with Gasteiger partial charge in [-0.2, -0.15) is 0 Å². The third kappa shape index (κ3) is 6.74. The normalized spacial score (nSPS) is 14.3. The molecule has 1 fully saturated rings. The van der Waals surface area contributed by atoms with Gasteiger partial charge in [0.25, 0.3) is 11.1 Å². The van der Waals surface area contributed by atoms with Crippen LogP contribution in [0.5, 0.6) is 11.5 Å². The molecule has 3 aromatic carbocycles. The number of hydrogen-bond acceptors (Lipinski definition) is 6. The van der Waals surface area contributed by atoms with E-state index in [0.29, 0.717) is 38.9 Å². The smallest absolute Gasteiger partial charge is 0.294 e. The lowest BCUT2D eigenvalue weighted by molar-refractivity contribution is -0.127. The predicted molar refractivity (Wildman–Crippen MR) is 149 cm³/mol. The van der Waals surface area contributed by atoms with Crippen molar-refractivity contribution in [2.45, 2.75) is 13.5 Å². The Bertz CT molecular complexity index is 1390. The van der Waals surface area contributed by atoms with Crippen LogP contribution in [0, 0.1) is 6.92 Å². The fraction of sp³-hybridized carbons (Fsp3) is 0.148. The maximum absolute atomic E-state index is 12.9. The number of imide groups is 1. The quantitative estimate of drug-likeness (QED) is 0.290. The number of carbonyl (C=O) groups excluding carboxylic acids is 3. The molecule has 10 heteroatoms. The molecule has 0 radical (unpaired) electrons. The lowest BCUT2D eigenvalue weighted by Gasteiger charge is -2.13. The maximum atomic E-state index is 12.9. The van der Waals surface area contributed by atoms with Gasteiger partial charge in [-0.15, -0.1) is 0 Å². The van der Waals surface area contributed by atoms with E-state index in [9.17, 15) is 14.4 Å². The molecule has 37 heavy (non-hydrogen) atoms. The lowest BCUT2D eigenvalue weighted by atomic mass is 10.1. The summed E-state index contributed by atoms with van der Waals surface area (Å²) in [5.74, 6) is -0.0120. The maximum Gasteiger partial charge on any atom is 0.294 e. The van der Waals surface area contributed by atoms with Crippen molar-refractivity contribution in [2.75, 3.05) is 19.0 Å². The molecule has 0 spiro atoms. The Morgan fingerprint density at radius 2 is 1.84 bits per heavy atom. The first kappa shape index (κ1) is 26.8. The van der Waals surface area contributed by atoms with E-state index in [0.717, 1.165) is 22.2 Å². The fourth-order valence-electron chi connectivity index (χ4n) is 3.44. The van der Waals surface area contributed by atoms with Crippen LogP contribution in [0.3, 0.4) is 0 Å². The fourth-order valence-corrected chi connectivity index (χ4v) is 4.71. The van der Waals surface area contributed by atoms with Crippen LogP contribution in [0.25, 0.3) is 6.08 Å². The number of amides is 3. The monoisotopic (exact) mass is 600 g/mol. The van der Waals surface area contributed by atoms with E-state index in [1.54, 1.807) is 42.5 Å². The molecule has 190 valence electrons. The summed E-state index contributed by atoms with van der Waals surface area (Å²) in [6, 6.07) is 18.2. The summed E-state index contributed by atoms with van der Waals surface area (Å²) in [6.45, 7) is 1.99. The Kier molecular flexibility index (Phi) is 8.58. The Labute approximate surface area is 231 Å². The molecular formula is C27H22BrClN2O5S. The highest BCUT2D eigenvalue weighted by atomic mass is 79.9. The molecule has 1 heterocycles. The molecule has 1 aliphatic rings. The molecular weight excluding hydrogens is 580 g/mol. The number of rotatable bonds is 8. The lowest BCUT2D eigenvalue weighted by Crippen LogP contribution is -2.36. The summed E-state index contributed by atoms with van der Waals surface area (Å²) in [5.41, 5.74) is 3.30. The summed E-state index contributed by atoms with van der Waals surface area (Å²) in [6.07, 6.45) is 1.59. The first-order chi connectivity index (χ1) is 17.7. The number of aryl methyl sites for hydroxylation is 1. The van der Waals surface area contributed by atoms with Crippen molar-refractivity contribution in [3.8, 4) is 11.5 Å². The summed E-state index contributed by atoms with van der Waals surface area (Å²) in [5, 5.41) is 2.54. The Morgan fingerprint density at radius 3 is 2.54 bits per heavy atom. The Morgan fingerprint density at radius 1 is 1.08 bits per heavy atom. The number of anilines is 1. The molecule has 3 aromatic rings. The molecule has 0 bridgehead atoms. The highest BCUT2D eigenvalue weighted by molar-refractivity contribution is 9.10. The second-order valence-electron chi connectivity index (χ2n) is 8.13. The number of ether oxygens (including phenoxy) is 2. The third-order valence-corrected chi connectivity index (χ3v) is 7.52. The molecule has 4 rings (SSSR count). The number of nitrogens with zero attached hydrogens (tertiary/aromatic N) is 1. The number of nitrogens with one attached hydrogen (secondary N) is 1. The van der Waals surface area contributed by atoms with Crippen molar-refractivity contribution >= 4 is 68.1 Å². The molecule has 3 amide bonds. The van der Waals surface area contributed by atoms with Crippen molar-refractivity contribution in [3.05, 3.63) is 91.8 Å². The molecule has 1 saturated heterocycles. The molecule has 0 saturated carbocycles. The van der Waals surface area contributed by atoms with Gasteiger partial charge >= 0.3 is 0 Å². The van der Waals surface area contributed by atoms with Gasteiger partial charge in [0.1, 0.15) is 13.2 Å². The standard InChI is InChI=1S/C27H22BrClN2O5S/c1-16-3-5-17(6-4-16)15-36-22-10-7-18(11-23(22)35-2)12-24-26(33)31(27(34)37-24)14-25(32)30-19-8-9-20(28)21(29)13-19/h3-13H,14-15H2,1-2H3,(H,30,32)/b24-12+. The van der Waals surface area contributed by atoms with Gasteiger partial charge in [-0.1, -0.05) is 47.5 Å². The average Bonchev–Trinajstić information content (AvgIpc) is 3.13. The molecule has 7 nitrogen and oxygen atoms in total. The van der Waals surface area contributed by atoms with E-state index in [4.69, 9.17) is 21.1 Å². The van der Waals surface area contributed by atoms with E-state index in [1.807, 2.05) is 31.2 Å². The minimum absolute atomic E-state index is 0.208. The number of methoxy groups -OCH3 is 1. The second-order valence-corrected chi connectivity index (χ2v) is 10.4. The van der Waals surface area contributed by atoms with Crippen LogP contribution in [0.1, 0.15) is 16.7 Å². The van der Waals surface area contributed by atoms with Gasteiger partial charge in [-0.25, -0.2) is 0 Å². The minimum Gasteiger partial charge on any atom is -0.493 e. The zero-order valence-corrected chi connectivity index (χ0v) is 23.1. The topological polar surface area (TPSA) is 84.9 Å². The van der Waals surface area contributed by atoms with Crippen LogP contribution >= 0.6 is 39.3 Å². The van der Waals surface area contributed by atoms with Crippen molar-refractivity contribution in [1.82, 2.24) is 4.90 Å². The van der Waals surface area contributed by atoms with Gasteiger partial charge in [0.2, 0.25) is 5.91 Å². The van der Waals surface area contributed by atoms with E-state index < -0.39 is 23.6 Å². The van der Waals surface area contributed by atoms with Crippen molar-refractivity contribution in [3.63, 3.8) is 0 Å². The summed E-state index contributed by atoms with van der Waals surface area (Å²) in [7, 11) is 1.53. The van der Waals surface area contributed by atoms with E-state index in [2.05, 4.69) is 21.2 Å². The molecule has 1 N–H and O–H groups in total. The van der Waals surface area contributed by atoms with E-state index in [-0.39, 0.29) is 4.91 Å². The van der Waals surface area contributed by atoms with E-state index in [1.165, 1.54) is 12.7 Å². The molecule has 1 aliphatic heterocycles. The highest BCUT2D eigenvalue weighted by Crippen LogP contribution is 2.35. The van der Waals surface area contributed by atoms with Crippen LogP contribution in [0.15, 0.2) is 70.0 Å². The summed E-state index contributed by atoms with van der Waals surface area (Å²) < 4.78 is 12.1. The summed E-state index contributed by atoms with van der Waals surface area (Å²) in [4.78, 5) is 38.9. The Hall–Kier alpha value is -3.27. The largest absolute Gasteiger partial charge is 0.493 e. The number of thioether (sulfide) groups is 1. The van der Waals surface area contributed by atoms with Crippen molar-refractivity contribution < 1.29 is 23.9 Å². The number of halogens is 2. The highest BCUT2D eigenvalue weighted by Gasteiger charge is 2.36. The number of benzene rings is 3. The summed E-state index contributed by atoms with van der Waals surface area (Å²) >= 11 is 10.1. The molecule has 0 aliphatic carbocycles. The predicted octanol–water partition coefficient (Wildman–Crippen LogP) is 6.67. The van der Waals surface area contributed by atoms with Gasteiger partial charge in [0.05, 0.1) is 17.0 Å². The third-order valence-electron chi connectivity index (χ3n) is 5.38. The molecule has 0 unspecified atom stereocenters. The first-order valence-corrected chi connectivity index (χ1v) is 13.1. The van der Waals surface area contributed by atoms with Gasteiger partial charge in [-0.3, -0.25) is 19.3 Å². The first-order valence-electron chi connectivity index (χ1n) is 11.1. The van der Waals surface area contributed by atoms with E-state index >= 15 is 0 Å². The van der Waals surface area contributed by atoms with Gasteiger partial charge < -0.3 is 14.8 Å². The van der Waals surface area contributed by atoms with Gasteiger partial charge in [0.15, 0.2) is 11.5 Å². The molecule has 0 aromatic heterocycles. The van der Waals surface area contributed by atoms with Crippen molar-refractivity contribution in [1.29, 1.82) is 0 Å². The van der Waals surface area contributed by atoms with Gasteiger partial charge in [0, 0.05) is 10.2 Å². The molecule has 0 atom stereocenters.